The molecule has 1 aliphatic rings. The average Bonchev–Trinajstić information content (AvgIpc) is 2.10. The summed E-state index contributed by atoms with van der Waals surface area (Å²) in [7, 11) is 0. The molecule has 4 nitrogen and oxygen atoms in total. The summed E-state index contributed by atoms with van der Waals surface area (Å²) in [6, 6.07) is 0. The Hall–Kier alpha value is -0.680. The van der Waals surface area contributed by atoms with Gasteiger partial charge in [-0.3, -0.25) is 0 Å². The third-order valence-electron chi connectivity index (χ3n) is 1.03. The fraction of sp³-hybridized carbons (Fsp3) is 0.400. The first kappa shape index (κ1) is 7.43. The van der Waals surface area contributed by atoms with E-state index in [0.717, 1.165) is 0 Å². The molecule has 4 N–H and O–H groups in total. The minimum Gasteiger partial charge on any atom is -0.477 e. The number of carboxylic acid groups (broad SMARTS) is 1. The van der Waals surface area contributed by atoms with Crippen molar-refractivity contribution in [2.75, 3.05) is 0 Å². The molecule has 1 unspecified atom stereocenters. The van der Waals surface area contributed by atoms with Crippen molar-refractivity contribution in [3.05, 3.63) is 11.1 Å². The second kappa shape index (κ2) is 2.17. The Morgan fingerprint density at radius 1 is 2.00 bits per heavy atom. The fourth-order valence-electron chi connectivity index (χ4n) is 0.612. The fourth-order valence-corrected chi connectivity index (χ4v) is 1.30. The van der Waals surface area contributed by atoms with Gasteiger partial charge in [0.2, 0.25) is 0 Å². The van der Waals surface area contributed by atoms with Gasteiger partial charge in [0.15, 0.2) is 0 Å². The van der Waals surface area contributed by atoms with Crippen LogP contribution in [0.3, 0.4) is 0 Å². The van der Waals surface area contributed by atoms with E-state index in [0.29, 0.717) is 0 Å². The summed E-state index contributed by atoms with van der Waals surface area (Å²) in [4.78, 5) is 9.63. The molecule has 0 amide bonds. The number of nitrogens with two attached hydrogens (primary N) is 1. The first-order chi connectivity index (χ1) is 4.51. The van der Waals surface area contributed by atoms with E-state index in [1.165, 1.54) is 17.2 Å². The van der Waals surface area contributed by atoms with Crippen LogP contribution in [0.2, 0.25) is 0 Å². The number of carboxylic acids is 1. The molecule has 10 heavy (non-hydrogen) atoms. The van der Waals surface area contributed by atoms with Crippen molar-refractivity contribution in [2.45, 2.75) is 11.9 Å². The van der Waals surface area contributed by atoms with Crippen molar-refractivity contribution >= 4 is 17.7 Å². The summed E-state index contributed by atoms with van der Waals surface area (Å²) in [5.74, 6) is -0.971. The second-order valence-electron chi connectivity index (χ2n) is 2.19. The van der Waals surface area contributed by atoms with E-state index < -0.39 is 11.0 Å². The van der Waals surface area contributed by atoms with Gasteiger partial charge in [0, 0.05) is 5.41 Å². The zero-order valence-corrected chi connectivity index (χ0v) is 6.23. The van der Waals surface area contributed by atoms with Crippen molar-refractivity contribution in [3.63, 3.8) is 0 Å². The van der Waals surface area contributed by atoms with Crippen LogP contribution in [0.4, 0.5) is 0 Å². The first-order valence-electron chi connectivity index (χ1n) is 2.69. The lowest BCUT2D eigenvalue weighted by atomic mass is 10.4. The molecule has 0 aromatic rings. The SMILES string of the molecule is CC1(N)NC(C(=O)O)=CS1. The molecule has 0 aliphatic carbocycles. The van der Waals surface area contributed by atoms with Crippen molar-refractivity contribution in [2.24, 2.45) is 5.73 Å². The molecule has 0 fully saturated rings. The van der Waals surface area contributed by atoms with E-state index in [1.54, 1.807) is 6.92 Å². The van der Waals surface area contributed by atoms with Gasteiger partial charge in [-0.1, -0.05) is 11.8 Å². The van der Waals surface area contributed by atoms with Gasteiger partial charge in [-0.2, -0.15) is 0 Å². The van der Waals surface area contributed by atoms with E-state index in [-0.39, 0.29) is 5.70 Å². The highest BCUT2D eigenvalue weighted by atomic mass is 32.2. The maximum absolute atomic E-state index is 10.3. The molecule has 56 valence electrons. The Labute approximate surface area is 62.5 Å². The third-order valence-corrected chi connectivity index (χ3v) is 1.98. The molecule has 1 atom stereocenters. The van der Waals surface area contributed by atoms with Gasteiger partial charge in [-0.25, -0.2) is 4.79 Å². The van der Waals surface area contributed by atoms with Crippen LogP contribution in [-0.2, 0) is 4.79 Å². The first-order valence-corrected chi connectivity index (χ1v) is 3.57. The number of hydrogen-bond acceptors (Lipinski definition) is 4. The Morgan fingerprint density at radius 3 is 2.80 bits per heavy atom. The van der Waals surface area contributed by atoms with Crippen molar-refractivity contribution in [1.82, 2.24) is 5.32 Å². The van der Waals surface area contributed by atoms with Gasteiger partial charge in [0.05, 0.1) is 0 Å². The highest BCUT2D eigenvalue weighted by Crippen LogP contribution is 2.26. The van der Waals surface area contributed by atoms with Crippen molar-refractivity contribution in [3.8, 4) is 0 Å². The smallest absolute Gasteiger partial charge is 0.352 e. The number of hydrogen-bond donors (Lipinski definition) is 3. The molecule has 1 rings (SSSR count). The molecule has 5 heteroatoms. The topological polar surface area (TPSA) is 75.3 Å². The summed E-state index contributed by atoms with van der Waals surface area (Å²) in [6.07, 6.45) is 0. The summed E-state index contributed by atoms with van der Waals surface area (Å²) in [5, 5.41) is 12.6. The summed E-state index contributed by atoms with van der Waals surface area (Å²) in [6.45, 7) is 1.71. The highest BCUT2D eigenvalue weighted by Gasteiger charge is 2.27. The number of rotatable bonds is 1. The minimum atomic E-state index is -0.971. The normalized spacial score (nSPS) is 31.2. The lowest BCUT2D eigenvalue weighted by molar-refractivity contribution is -0.133. The monoisotopic (exact) mass is 160 g/mol. The minimum absolute atomic E-state index is 0.162. The Balaban J connectivity index is 2.64. The maximum atomic E-state index is 10.3. The van der Waals surface area contributed by atoms with E-state index >= 15 is 0 Å². The van der Waals surface area contributed by atoms with Crippen LogP contribution in [0.5, 0.6) is 0 Å². The summed E-state index contributed by atoms with van der Waals surface area (Å²) in [5.41, 5.74) is 5.70. The van der Waals surface area contributed by atoms with Crippen molar-refractivity contribution in [1.29, 1.82) is 0 Å². The van der Waals surface area contributed by atoms with Gasteiger partial charge in [-0.15, -0.1) is 0 Å². The molecule has 1 heterocycles. The Morgan fingerprint density at radius 2 is 2.60 bits per heavy atom. The average molecular weight is 160 g/mol. The van der Waals surface area contributed by atoms with Gasteiger partial charge in [0.25, 0.3) is 0 Å². The van der Waals surface area contributed by atoms with E-state index in [9.17, 15) is 4.79 Å². The van der Waals surface area contributed by atoms with Gasteiger partial charge in [0.1, 0.15) is 10.7 Å². The van der Waals surface area contributed by atoms with Crippen LogP contribution in [0.1, 0.15) is 6.92 Å². The van der Waals surface area contributed by atoms with Gasteiger partial charge >= 0.3 is 5.97 Å². The molecule has 0 saturated heterocycles. The largest absolute Gasteiger partial charge is 0.477 e. The molecule has 0 spiro atoms. The van der Waals surface area contributed by atoms with Crippen LogP contribution in [0.15, 0.2) is 11.1 Å². The predicted octanol–water partition coefficient (Wildman–Crippen LogP) is -0.119. The van der Waals surface area contributed by atoms with Crippen LogP contribution in [0.25, 0.3) is 0 Å². The molecule has 1 aliphatic heterocycles. The zero-order chi connectivity index (χ0) is 7.78. The lowest BCUT2D eigenvalue weighted by Gasteiger charge is -2.17. The standard InChI is InChI=1S/C5H8N2O2S/c1-5(6)7-3(2-10-5)4(8)9/h2,7H,6H2,1H3,(H,8,9). The molecular weight excluding hydrogens is 152 g/mol. The van der Waals surface area contributed by atoms with E-state index in [1.807, 2.05) is 0 Å². The number of thioether (sulfide) groups is 1. The highest BCUT2D eigenvalue weighted by molar-refractivity contribution is 8.03. The summed E-state index contributed by atoms with van der Waals surface area (Å²) >= 11 is 1.26. The van der Waals surface area contributed by atoms with E-state index in [4.69, 9.17) is 10.8 Å². The maximum Gasteiger partial charge on any atom is 0.352 e. The molecular formula is C5H8N2O2S. The van der Waals surface area contributed by atoms with Crippen molar-refractivity contribution < 1.29 is 9.90 Å². The van der Waals surface area contributed by atoms with Gasteiger partial charge < -0.3 is 16.2 Å². The number of nitrogens with one attached hydrogen (secondary N) is 1. The Kier molecular flexibility index (Phi) is 1.61. The molecule has 0 aromatic heterocycles. The molecule has 0 saturated carbocycles. The Bertz CT molecular complexity index is 200. The van der Waals surface area contributed by atoms with Crippen LogP contribution >= 0.6 is 11.8 Å². The van der Waals surface area contributed by atoms with Crippen LogP contribution < -0.4 is 11.1 Å². The molecule has 0 bridgehead atoms. The van der Waals surface area contributed by atoms with Crippen LogP contribution in [0, 0.1) is 0 Å². The lowest BCUT2D eigenvalue weighted by Crippen LogP contribution is -2.44. The quantitative estimate of drug-likeness (QED) is 0.498. The second-order valence-corrected chi connectivity index (χ2v) is 3.51. The molecule has 0 aromatic carbocycles. The van der Waals surface area contributed by atoms with Crippen LogP contribution in [-0.4, -0.2) is 16.1 Å². The number of aliphatic carboxylic acids is 1. The van der Waals surface area contributed by atoms with E-state index in [2.05, 4.69) is 5.32 Å². The summed E-state index contributed by atoms with van der Waals surface area (Å²) < 4.78 is 0. The number of carbonyl (C=O) groups is 1. The predicted molar refractivity (Wildman–Crippen MR) is 39.0 cm³/mol. The van der Waals surface area contributed by atoms with Gasteiger partial charge in [-0.05, 0) is 6.92 Å². The third kappa shape index (κ3) is 1.43. The zero-order valence-electron chi connectivity index (χ0n) is 5.42. The molecule has 0 radical (unpaired) electrons.